The summed E-state index contributed by atoms with van der Waals surface area (Å²) in [6.07, 6.45) is -0.326. The molecular formula is C13H15F2IN2O. The molecule has 1 aliphatic rings. The third kappa shape index (κ3) is 4.68. The highest BCUT2D eigenvalue weighted by atomic mass is 127. The van der Waals surface area contributed by atoms with E-state index in [1.54, 1.807) is 4.90 Å². The highest BCUT2D eigenvalue weighted by Gasteiger charge is 2.34. The maximum Gasteiger partial charge on any atom is 0.250 e. The Morgan fingerprint density at radius 2 is 1.84 bits per heavy atom. The van der Waals surface area contributed by atoms with Crippen molar-refractivity contribution >= 4 is 34.2 Å². The molecule has 1 heterocycles. The Kier molecular flexibility index (Phi) is 4.72. The number of nitrogens with zero attached hydrogens (tertiary/aromatic N) is 1. The van der Waals surface area contributed by atoms with Gasteiger partial charge in [0.25, 0.3) is 5.92 Å². The third-order valence-electron chi connectivity index (χ3n) is 3.08. The predicted molar refractivity (Wildman–Crippen MR) is 78.4 cm³/mol. The molecule has 1 N–H and O–H groups in total. The minimum atomic E-state index is -2.57. The molecule has 1 fully saturated rings. The summed E-state index contributed by atoms with van der Waals surface area (Å²) in [5.41, 5.74) is 0.729. The largest absolute Gasteiger partial charge is 0.325 e. The predicted octanol–water partition coefficient (Wildman–Crippen LogP) is 2.96. The Balaban J connectivity index is 1.80. The van der Waals surface area contributed by atoms with Crippen LogP contribution in [-0.2, 0) is 4.79 Å². The van der Waals surface area contributed by atoms with Crippen molar-refractivity contribution in [1.29, 1.82) is 0 Å². The quantitative estimate of drug-likeness (QED) is 0.818. The Morgan fingerprint density at radius 1 is 1.26 bits per heavy atom. The molecule has 0 saturated carbocycles. The van der Waals surface area contributed by atoms with E-state index in [1.807, 2.05) is 24.3 Å². The first-order valence-electron chi connectivity index (χ1n) is 6.10. The summed E-state index contributed by atoms with van der Waals surface area (Å²) < 4.78 is 27.0. The number of hydrogen-bond acceptors (Lipinski definition) is 2. The van der Waals surface area contributed by atoms with Gasteiger partial charge in [-0.1, -0.05) is 0 Å². The zero-order valence-corrected chi connectivity index (χ0v) is 12.5. The number of benzene rings is 1. The van der Waals surface area contributed by atoms with Crippen LogP contribution in [0.25, 0.3) is 0 Å². The summed E-state index contributed by atoms with van der Waals surface area (Å²) in [6.45, 7) is 0.711. The molecule has 104 valence electrons. The van der Waals surface area contributed by atoms with Crippen molar-refractivity contribution in [1.82, 2.24) is 4.90 Å². The minimum absolute atomic E-state index is 0.161. The van der Waals surface area contributed by atoms with E-state index < -0.39 is 5.92 Å². The zero-order valence-electron chi connectivity index (χ0n) is 10.3. The molecule has 0 atom stereocenters. The SMILES string of the molecule is O=C(CN1CCC(F)(F)CC1)Nc1ccc(I)cc1. The number of alkyl halides is 2. The highest BCUT2D eigenvalue weighted by Crippen LogP contribution is 2.27. The van der Waals surface area contributed by atoms with Gasteiger partial charge in [0.15, 0.2) is 0 Å². The molecule has 2 rings (SSSR count). The van der Waals surface area contributed by atoms with Gasteiger partial charge in [-0.3, -0.25) is 9.69 Å². The molecule has 6 heteroatoms. The monoisotopic (exact) mass is 380 g/mol. The first kappa shape index (κ1) is 14.6. The molecule has 3 nitrogen and oxygen atoms in total. The summed E-state index contributed by atoms with van der Waals surface area (Å²) in [7, 11) is 0. The second-order valence-corrected chi connectivity index (χ2v) is 5.93. The van der Waals surface area contributed by atoms with Gasteiger partial charge in [0.1, 0.15) is 0 Å². The lowest BCUT2D eigenvalue weighted by Crippen LogP contribution is -2.42. The summed E-state index contributed by atoms with van der Waals surface area (Å²) >= 11 is 2.19. The Morgan fingerprint density at radius 3 is 2.42 bits per heavy atom. The van der Waals surface area contributed by atoms with E-state index in [4.69, 9.17) is 0 Å². The van der Waals surface area contributed by atoms with Gasteiger partial charge in [-0.15, -0.1) is 0 Å². The van der Waals surface area contributed by atoms with Gasteiger partial charge in [0, 0.05) is 35.2 Å². The molecule has 0 unspecified atom stereocenters. The molecule has 19 heavy (non-hydrogen) atoms. The third-order valence-corrected chi connectivity index (χ3v) is 3.80. The van der Waals surface area contributed by atoms with E-state index in [0.29, 0.717) is 0 Å². The van der Waals surface area contributed by atoms with E-state index in [-0.39, 0.29) is 38.4 Å². The number of rotatable bonds is 3. The van der Waals surface area contributed by atoms with E-state index in [9.17, 15) is 13.6 Å². The van der Waals surface area contributed by atoms with E-state index >= 15 is 0 Å². The Labute approximate surface area is 124 Å². The molecule has 1 aliphatic heterocycles. The van der Waals surface area contributed by atoms with Gasteiger partial charge in [-0.05, 0) is 46.9 Å². The fourth-order valence-corrected chi connectivity index (χ4v) is 2.33. The number of hydrogen-bond donors (Lipinski definition) is 1. The molecule has 0 aliphatic carbocycles. The van der Waals surface area contributed by atoms with Crippen molar-refractivity contribution < 1.29 is 13.6 Å². The highest BCUT2D eigenvalue weighted by molar-refractivity contribution is 14.1. The maximum absolute atomic E-state index is 13.0. The van der Waals surface area contributed by atoms with Crippen LogP contribution in [-0.4, -0.2) is 36.4 Å². The van der Waals surface area contributed by atoms with Crippen LogP contribution in [0, 0.1) is 3.57 Å². The van der Waals surface area contributed by atoms with Gasteiger partial charge in [-0.2, -0.15) is 0 Å². The fourth-order valence-electron chi connectivity index (χ4n) is 1.98. The van der Waals surface area contributed by atoms with Gasteiger partial charge in [0.05, 0.1) is 6.54 Å². The van der Waals surface area contributed by atoms with Gasteiger partial charge in [0.2, 0.25) is 5.91 Å². The van der Waals surface area contributed by atoms with Crippen molar-refractivity contribution in [3.8, 4) is 0 Å². The minimum Gasteiger partial charge on any atom is -0.325 e. The van der Waals surface area contributed by atoms with Crippen molar-refractivity contribution in [3.63, 3.8) is 0 Å². The molecule has 0 bridgehead atoms. The zero-order chi connectivity index (χ0) is 13.9. The normalized spacial score (nSPS) is 19.1. The fraction of sp³-hybridized carbons (Fsp3) is 0.462. The average Bonchev–Trinajstić information content (AvgIpc) is 2.35. The van der Waals surface area contributed by atoms with Crippen LogP contribution in [0.15, 0.2) is 24.3 Å². The van der Waals surface area contributed by atoms with Crippen LogP contribution in [0.1, 0.15) is 12.8 Å². The number of anilines is 1. The standard InChI is InChI=1S/C13H15F2IN2O/c14-13(15)5-7-18(8-6-13)9-12(19)17-11-3-1-10(16)2-4-11/h1-4H,5-9H2,(H,17,19). The number of piperidine rings is 1. The van der Waals surface area contributed by atoms with Crippen molar-refractivity contribution in [2.24, 2.45) is 0 Å². The Hall–Kier alpha value is -0.760. The maximum atomic E-state index is 13.0. The van der Waals surface area contributed by atoms with Crippen LogP contribution >= 0.6 is 22.6 Å². The molecule has 0 aromatic heterocycles. The smallest absolute Gasteiger partial charge is 0.250 e. The van der Waals surface area contributed by atoms with Crippen molar-refractivity contribution in [3.05, 3.63) is 27.8 Å². The van der Waals surface area contributed by atoms with Crippen molar-refractivity contribution in [2.45, 2.75) is 18.8 Å². The summed E-state index contributed by atoms with van der Waals surface area (Å²) in [5.74, 6) is -2.73. The summed E-state index contributed by atoms with van der Waals surface area (Å²) in [5, 5.41) is 2.77. The number of carbonyl (C=O) groups excluding carboxylic acids is 1. The second kappa shape index (κ2) is 6.13. The lowest BCUT2D eigenvalue weighted by Gasteiger charge is -2.31. The molecule has 1 saturated heterocycles. The van der Waals surface area contributed by atoms with Crippen LogP contribution in [0.2, 0.25) is 0 Å². The molecule has 1 aromatic carbocycles. The van der Waals surface area contributed by atoms with E-state index in [0.717, 1.165) is 9.26 Å². The van der Waals surface area contributed by atoms with Gasteiger partial charge < -0.3 is 5.32 Å². The van der Waals surface area contributed by atoms with E-state index in [1.165, 1.54) is 0 Å². The second-order valence-electron chi connectivity index (χ2n) is 4.69. The molecule has 1 aromatic rings. The van der Waals surface area contributed by atoms with Gasteiger partial charge in [-0.25, -0.2) is 8.78 Å². The first-order chi connectivity index (χ1) is 8.94. The topological polar surface area (TPSA) is 32.3 Å². The summed E-state index contributed by atoms with van der Waals surface area (Å²) in [4.78, 5) is 13.5. The average molecular weight is 380 g/mol. The van der Waals surface area contributed by atoms with Crippen LogP contribution < -0.4 is 5.32 Å². The molecule has 1 amide bonds. The first-order valence-corrected chi connectivity index (χ1v) is 7.18. The molecule has 0 radical (unpaired) electrons. The van der Waals surface area contributed by atoms with Gasteiger partial charge >= 0.3 is 0 Å². The number of likely N-dealkylation sites (tertiary alicyclic amines) is 1. The number of amides is 1. The number of carbonyl (C=O) groups is 1. The van der Waals surface area contributed by atoms with E-state index in [2.05, 4.69) is 27.9 Å². The summed E-state index contributed by atoms with van der Waals surface area (Å²) in [6, 6.07) is 7.45. The Bertz CT molecular complexity index is 440. The molecular weight excluding hydrogens is 365 g/mol. The van der Waals surface area contributed by atoms with Crippen LogP contribution in [0.3, 0.4) is 0 Å². The van der Waals surface area contributed by atoms with Crippen molar-refractivity contribution in [2.75, 3.05) is 25.0 Å². The lowest BCUT2D eigenvalue weighted by molar-refractivity contribution is -0.119. The number of nitrogens with one attached hydrogen (secondary N) is 1. The van der Waals surface area contributed by atoms with Crippen LogP contribution in [0.4, 0.5) is 14.5 Å². The lowest BCUT2D eigenvalue weighted by atomic mass is 10.1. The number of halogens is 3. The molecule has 0 spiro atoms. The van der Waals surface area contributed by atoms with Crippen LogP contribution in [0.5, 0.6) is 0 Å².